The molecular formula is C13H11ClOS. The summed E-state index contributed by atoms with van der Waals surface area (Å²) < 4.78 is 0. The lowest BCUT2D eigenvalue weighted by molar-refractivity contribution is 0.104. The van der Waals surface area contributed by atoms with Crippen LogP contribution in [0.1, 0.15) is 26.4 Å². The third-order valence-electron chi connectivity index (χ3n) is 2.46. The molecule has 1 aromatic heterocycles. The predicted molar refractivity (Wildman–Crippen MR) is 68.7 cm³/mol. The van der Waals surface area contributed by atoms with E-state index in [2.05, 4.69) is 0 Å². The first-order valence-corrected chi connectivity index (χ1v) is 6.20. The number of rotatable bonds is 2. The summed E-state index contributed by atoms with van der Waals surface area (Å²) in [6.07, 6.45) is 0. The molecule has 2 rings (SSSR count). The fourth-order valence-electron chi connectivity index (χ4n) is 1.56. The maximum atomic E-state index is 12.2. The molecule has 2 aromatic rings. The van der Waals surface area contributed by atoms with Crippen LogP contribution in [0.25, 0.3) is 0 Å². The van der Waals surface area contributed by atoms with Crippen LogP contribution in [0, 0.1) is 13.8 Å². The Hall–Kier alpha value is -1.12. The van der Waals surface area contributed by atoms with E-state index >= 15 is 0 Å². The molecule has 0 atom stereocenters. The van der Waals surface area contributed by atoms with Crippen molar-refractivity contribution >= 4 is 28.7 Å². The van der Waals surface area contributed by atoms with E-state index < -0.39 is 0 Å². The van der Waals surface area contributed by atoms with Gasteiger partial charge in [-0.15, -0.1) is 11.3 Å². The highest BCUT2D eigenvalue weighted by Crippen LogP contribution is 2.26. The monoisotopic (exact) mass is 250 g/mol. The number of benzene rings is 1. The molecular weight excluding hydrogens is 240 g/mol. The molecule has 0 radical (unpaired) electrons. The van der Waals surface area contributed by atoms with Crippen LogP contribution in [-0.2, 0) is 0 Å². The number of carbonyl (C=O) groups is 1. The highest BCUT2D eigenvalue weighted by atomic mass is 35.5. The van der Waals surface area contributed by atoms with Gasteiger partial charge >= 0.3 is 0 Å². The molecule has 0 saturated heterocycles. The van der Waals surface area contributed by atoms with Crippen molar-refractivity contribution < 1.29 is 4.79 Å². The SMILES string of the molecule is Cc1ccc(C)c(C(=O)c2sccc2Cl)c1. The van der Waals surface area contributed by atoms with Crippen molar-refractivity contribution in [1.82, 2.24) is 0 Å². The molecule has 0 spiro atoms. The number of ketones is 1. The van der Waals surface area contributed by atoms with E-state index in [9.17, 15) is 4.79 Å². The normalized spacial score (nSPS) is 10.4. The van der Waals surface area contributed by atoms with Gasteiger partial charge in [-0.2, -0.15) is 0 Å². The molecule has 0 saturated carbocycles. The van der Waals surface area contributed by atoms with Gasteiger partial charge in [-0.25, -0.2) is 0 Å². The van der Waals surface area contributed by atoms with Crippen molar-refractivity contribution in [2.24, 2.45) is 0 Å². The number of hydrogen-bond acceptors (Lipinski definition) is 2. The highest BCUT2D eigenvalue weighted by Gasteiger charge is 2.16. The average molecular weight is 251 g/mol. The van der Waals surface area contributed by atoms with Crippen LogP contribution < -0.4 is 0 Å². The lowest BCUT2D eigenvalue weighted by atomic mass is 10.0. The van der Waals surface area contributed by atoms with Crippen LogP contribution in [0.2, 0.25) is 5.02 Å². The largest absolute Gasteiger partial charge is 0.288 e. The van der Waals surface area contributed by atoms with Crippen molar-refractivity contribution in [3.8, 4) is 0 Å². The molecule has 0 bridgehead atoms. The first kappa shape index (κ1) is 11.4. The third kappa shape index (κ3) is 2.04. The second-order valence-electron chi connectivity index (χ2n) is 3.75. The standard InChI is InChI=1S/C13H11ClOS/c1-8-3-4-9(2)10(7-8)12(15)13-11(14)5-6-16-13/h3-7H,1-2H3. The Bertz CT molecular complexity index is 543. The van der Waals surface area contributed by atoms with E-state index in [4.69, 9.17) is 11.6 Å². The zero-order valence-electron chi connectivity index (χ0n) is 9.08. The van der Waals surface area contributed by atoms with E-state index in [1.807, 2.05) is 37.4 Å². The van der Waals surface area contributed by atoms with Gasteiger partial charge in [0.2, 0.25) is 5.78 Å². The van der Waals surface area contributed by atoms with E-state index in [1.165, 1.54) is 11.3 Å². The Labute approximate surface area is 104 Å². The summed E-state index contributed by atoms with van der Waals surface area (Å²) in [6.45, 7) is 3.92. The second kappa shape index (κ2) is 4.40. The van der Waals surface area contributed by atoms with E-state index in [0.29, 0.717) is 9.90 Å². The van der Waals surface area contributed by atoms with Crippen LogP contribution in [0.3, 0.4) is 0 Å². The summed E-state index contributed by atoms with van der Waals surface area (Å²) in [4.78, 5) is 12.8. The molecule has 0 amide bonds. The van der Waals surface area contributed by atoms with E-state index in [-0.39, 0.29) is 5.78 Å². The summed E-state index contributed by atoms with van der Waals surface area (Å²) in [6, 6.07) is 7.63. The smallest absolute Gasteiger partial charge is 0.204 e. The van der Waals surface area contributed by atoms with Crippen LogP contribution in [0.5, 0.6) is 0 Å². The molecule has 16 heavy (non-hydrogen) atoms. The quantitative estimate of drug-likeness (QED) is 0.729. The minimum absolute atomic E-state index is 0.0150. The van der Waals surface area contributed by atoms with Crippen molar-refractivity contribution in [2.75, 3.05) is 0 Å². The summed E-state index contributed by atoms with van der Waals surface area (Å²) in [5, 5.41) is 2.37. The minimum atomic E-state index is 0.0150. The van der Waals surface area contributed by atoms with Gasteiger partial charge in [0.05, 0.1) is 9.90 Å². The van der Waals surface area contributed by atoms with Crippen molar-refractivity contribution in [3.63, 3.8) is 0 Å². The Kier molecular flexibility index (Phi) is 3.13. The second-order valence-corrected chi connectivity index (χ2v) is 5.07. The van der Waals surface area contributed by atoms with Gasteiger partial charge in [0.25, 0.3) is 0 Å². The topological polar surface area (TPSA) is 17.1 Å². The molecule has 1 heterocycles. The number of hydrogen-bond donors (Lipinski definition) is 0. The molecule has 0 aliphatic rings. The summed E-state index contributed by atoms with van der Waals surface area (Å²) >= 11 is 7.35. The molecule has 0 aliphatic heterocycles. The Morgan fingerprint density at radius 1 is 1.25 bits per heavy atom. The Balaban J connectivity index is 2.49. The molecule has 1 nitrogen and oxygen atoms in total. The fraction of sp³-hybridized carbons (Fsp3) is 0.154. The fourth-order valence-corrected chi connectivity index (χ4v) is 2.65. The number of aryl methyl sites for hydroxylation is 2. The van der Waals surface area contributed by atoms with Crippen molar-refractivity contribution in [3.05, 3.63) is 56.2 Å². The lowest BCUT2D eigenvalue weighted by Crippen LogP contribution is -2.02. The first-order chi connectivity index (χ1) is 7.59. The molecule has 3 heteroatoms. The van der Waals surface area contributed by atoms with Gasteiger partial charge < -0.3 is 0 Å². The van der Waals surface area contributed by atoms with Gasteiger partial charge in [-0.3, -0.25) is 4.79 Å². The van der Waals surface area contributed by atoms with Gasteiger partial charge in [-0.1, -0.05) is 29.3 Å². The van der Waals surface area contributed by atoms with E-state index in [0.717, 1.165) is 16.7 Å². The molecule has 0 aliphatic carbocycles. The van der Waals surface area contributed by atoms with Crippen molar-refractivity contribution in [1.29, 1.82) is 0 Å². The number of carbonyl (C=O) groups excluding carboxylic acids is 1. The number of halogens is 1. The summed E-state index contributed by atoms with van der Waals surface area (Å²) in [5.74, 6) is 0.0150. The lowest BCUT2D eigenvalue weighted by Gasteiger charge is -2.05. The van der Waals surface area contributed by atoms with Gasteiger partial charge in [0.1, 0.15) is 0 Å². The Morgan fingerprint density at radius 2 is 2.00 bits per heavy atom. The third-order valence-corrected chi connectivity index (χ3v) is 3.80. The van der Waals surface area contributed by atoms with Crippen LogP contribution in [0.15, 0.2) is 29.6 Å². The van der Waals surface area contributed by atoms with Crippen LogP contribution in [0.4, 0.5) is 0 Å². The zero-order chi connectivity index (χ0) is 11.7. The van der Waals surface area contributed by atoms with Crippen LogP contribution >= 0.6 is 22.9 Å². The Morgan fingerprint density at radius 3 is 2.62 bits per heavy atom. The molecule has 0 N–H and O–H groups in total. The van der Waals surface area contributed by atoms with Crippen molar-refractivity contribution in [2.45, 2.75) is 13.8 Å². The van der Waals surface area contributed by atoms with Gasteiger partial charge in [0, 0.05) is 5.56 Å². The molecule has 82 valence electrons. The summed E-state index contributed by atoms with van der Waals surface area (Å²) in [7, 11) is 0. The van der Waals surface area contributed by atoms with Gasteiger partial charge in [-0.05, 0) is 36.9 Å². The average Bonchev–Trinajstić information content (AvgIpc) is 2.67. The molecule has 0 fully saturated rings. The summed E-state index contributed by atoms with van der Waals surface area (Å²) in [5.41, 5.74) is 2.81. The maximum Gasteiger partial charge on any atom is 0.204 e. The van der Waals surface area contributed by atoms with E-state index in [1.54, 1.807) is 6.07 Å². The highest BCUT2D eigenvalue weighted by molar-refractivity contribution is 7.13. The predicted octanol–water partition coefficient (Wildman–Crippen LogP) is 4.25. The van der Waals surface area contributed by atoms with Crippen LogP contribution in [-0.4, -0.2) is 5.78 Å². The molecule has 1 aromatic carbocycles. The first-order valence-electron chi connectivity index (χ1n) is 4.94. The zero-order valence-corrected chi connectivity index (χ0v) is 10.7. The number of thiophene rings is 1. The van der Waals surface area contributed by atoms with Gasteiger partial charge in [0.15, 0.2) is 0 Å². The maximum absolute atomic E-state index is 12.2. The minimum Gasteiger partial charge on any atom is -0.288 e. The molecule has 0 unspecified atom stereocenters.